The summed E-state index contributed by atoms with van der Waals surface area (Å²) < 4.78 is 55.9. The number of allylic oxidation sites excluding steroid dienone is 11. The Morgan fingerprint density at radius 2 is 1.11 bits per heavy atom. The van der Waals surface area contributed by atoms with Gasteiger partial charge >= 0.3 is 6.18 Å². The van der Waals surface area contributed by atoms with Gasteiger partial charge in [0.2, 0.25) is 0 Å². The van der Waals surface area contributed by atoms with E-state index in [0.717, 1.165) is 50.6 Å². The maximum atomic E-state index is 14.3. The number of halogens is 4. The first-order valence-corrected chi connectivity index (χ1v) is 17.7. The lowest BCUT2D eigenvalue weighted by Gasteiger charge is -2.13. The molecule has 6 heteroatoms. The maximum Gasteiger partial charge on any atom is 0.417 e. The molecule has 0 heterocycles. The van der Waals surface area contributed by atoms with Gasteiger partial charge in [-0.1, -0.05) is 94.5 Å². The van der Waals surface area contributed by atoms with Crippen molar-refractivity contribution < 1.29 is 27.2 Å². The molecule has 0 amide bonds. The van der Waals surface area contributed by atoms with Gasteiger partial charge in [0.05, 0.1) is 5.57 Å². The van der Waals surface area contributed by atoms with Crippen molar-refractivity contribution in [1.82, 2.24) is 0 Å². The molecule has 0 spiro atoms. The Kier molecular flexibility index (Phi) is 14.8. The van der Waals surface area contributed by atoms with Gasteiger partial charge in [0.1, 0.15) is 18.4 Å². The monoisotopic (exact) mass is 722 g/mol. The van der Waals surface area contributed by atoms with Crippen LogP contribution >= 0.6 is 0 Å². The van der Waals surface area contributed by atoms with Crippen molar-refractivity contribution in [1.29, 1.82) is 0 Å². The zero-order chi connectivity index (χ0) is 39.6. The Bertz CT molecular complexity index is 2060. The molecule has 2 nitrogen and oxygen atoms in total. The van der Waals surface area contributed by atoms with Crippen molar-refractivity contribution in [2.45, 2.75) is 87.2 Å². The van der Waals surface area contributed by atoms with Gasteiger partial charge in [-0.05, 0) is 162 Å². The van der Waals surface area contributed by atoms with E-state index >= 15 is 0 Å². The predicted molar refractivity (Wildman–Crippen MR) is 214 cm³/mol. The Labute approximate surface area is 312 Å². The van der Waals surface area contributed by atoms with Gasteiger partial charge in [0.25, 0.3) is 0 Å². The first-order chi connectivity index (χ1) is 24.9. The van der Waals surface area contributed by atoms with Crippen LogP contribution in [0.25, 0.3) is 33.9 Å². The normalized spacial score (nSPS) is 13.5. The summed E-state index contributed by atoms with van der Waals surface area (Å²) in [5.41, 5.74) is 11.7. The lowest BCUT2D eigenvalue weighted by Crippen LogP contribution is -2.10. The molecule has 0 radical (unpaired) electrons. The predicted octanol–water partition coefficient (Wildman–Crippen LogP) is 13.7. The smallest absolute Gasteiger partial charge is 0.299 e. The highest BCUT2D eigenvalue weighted by Gasteiger charge is 2.37. The molecule has 4 aliphatic rings. The van der Waals surface area contributed by atoms with Crippen molar-refractivity contribution in [2.75, 3.05) is 0 Å². The summed E-state index contributed by atoms with van der Waals surface area (Å²) in [4.78, 5) is 20.9. The van der Waals surface area contributed by atoms with Crippen molar-refractivity contribution in [3.8, 4) is 22.3 Å². The first-order valence-electron chi connectivity index (χ1n) is 17.7. The number of aldehydes is 2. The van der Waals surface area contributed by atoms with Crippen LogP contribution in [0.1, 0.15) is 97.9 Å². The summed E-state index contributed by atoms with van der Waals surface area (Å²) in [7, 11) is 0. The van der Waals surface area contributed by atoms with E-state index in [1.54, 1.807) is 32.1 Å². The molecule has 4 rings (SSSR count). The number of rotatable bonds is 10. The standard InChI is InChI=1S/C24H25F3O.C23H25FO/c1-15(2)19-10-9-17(4)23-20(14-19)18(5)13-21(23)22(24(25,26)27)8-6-7-16(3)11-12-28;1-15(2)19-8-7-17(4)23-20(12-18(5)22(23)14-19)13-21(24)9-6-16(3)10-11-25/h6-15H,1-5H3;6-15H,1-5H3/b7-6+,16-11+,22-8+;9-6+,16-10+,21-13-. The second kappa shape index (κ2) is 18.6. The molecule has 53 heavy (non-hydrogen) atoms. The van der Waals surface area contributed by atoms with Crippen molar-refractivity contribution in [3.05, 3.63) is 153 Å². The van der Waals surface area contributed by atoms with Gasteiger partial charge in [-0.2, -0.15) is 13.2 Å². The van der Waals surface area contributed by atoms with Crippen LogP contribution in [0.2, 0.25) is 0 Å². The summed E-state index contributed by atoms with van der Waals surface area (Å²) in [5, 5.41) is 0. The molecule has 0 N–H and O–H groups in total. The van der Waals surface area contributed by atoms with Gasteiger partial charge < -0.3 is 0 Å². The van der Waals surface area contributed by atoms with Crippen LogP contribution in [0.15, 0.2) is 108 Å². The zero-order valence-electron chi connectivity index (χ0n) is 32.4. The third kappa shape index (κ3) is 11.2. The first kappa shape index (κ1) is 42.3. The third-order valence-electron chi connectivity index (χ3n) is 9.15. The molecule has 0 saturated carbocycles. The highest BCUT2D eigenvalue weighted by Crippen LogP contribution is 2.44. The Morgan fingerprint density at radius 1 is 0.623 bits per heavy atom. The molecule has 0 bridgehead atoms. The van der Waals surface area contributed by atoms with E-state index in [-0.39, 0.29) is 17.3 Å². The van der Waals surface area contributed by atoms with Crippen molar-refractivity contribution in [2.24, 2.45) is 0 Å². The Morgan fingerprint density at radius 3 is 1.62 bits per heavy atom. The second-order valence-corrected chi connectivity index (χ2v) is 14.1. The molecule has 0 aliphatic heterocycles. The van der Waals surface area contributed by atoms with Crippen LogP contribution in [-0.4, -0.2) is 18.7 Å². The molecule has 0 aromatic carbocycles. The number of carbonyl (C=O) groups is 2. The molecule has 278 valence electrons. The number of hydrogen-bond acceptors (Lipinski definition) is 2. The van der Waals surface area contributed by atoms with Crippen LogP contribution in [-0.2, 0) is 9.59 Å². The molecule has 0 aromatic heterocycles. The summed E-state index contributed by atoms with van der Waals surface area (Å²) in [6, 6.07) is 16.0. The van der Waals surface area contributed by atoms with Crippen LogP contribution in [0.3, 0.4) is 0 Å². The lowest BCUT2D eigenvalue weighted by atomic mass is 9.97. The fraction of sp³-hybridized carbons (Fsp3) is 0.277. The van der Waals surface area contributed by atoms with E-state index in [4.69, 9.17) is 0 Å². The number of hydrogen-bond donors (Lipinski definition) is 0. The molecule has 0 saturated heterocycles. The van der Waals surface area contributed by atoms with Gasteiger partial charge in [-0.15, -0.1) is 0 Å². The second-order valence-electron chi connectivity index (χ2n) is 14.1. The SMILES string of the molecule is CC(/C=C/C(F)=C/c1cc(C)c2cc(C(C)C)ccc(C)c1-2)=C\C=O.CC(/C=C/C=C(\c1cc(C)c2cc(C(C)C)ccc(C)c1-2)C(F)(F)F)=C\C=O. The lowest BCUT2D eigenvalue weighted by molar-refractivity contribution is -0.104. The summed E-state index contributed by atoms with van der Waals surface area (Å²) in [6.07, 6.45) is 7.97. The Balaban J connectivity index is 0.000000287. The molecular weight excluding hydrogens is 673 g/mol. The summed E-state index contributed by atoms with van der Waals surface area (Å²) in [6.45, 7) is 19.7. The van der Waals surface area contributed by atoms with Gasteiger partial charge in [-0.25, -0.2) is 4.39 Å². The minimum Gasteiger partial charge on any atom is -0.299 e. The summed E-state index contributed by atoms with van der Waals surface area (Å²) >= 11 is 0. The number of fused-ring (bicyclic) bond motifs is 2. The fourth-order valence-corrected chi connectivity index (χ4v) is 6.13. The molecule has 0 aromatic rings. The van der Waals surface area contributed by atoms with E-state index in [1.165, 1.54) is 41.5 Å². The van der Waals surface area contributed by atoms with Crippen LogP contribution < -0.4 is 0 Å². The van der Waals surface area contributed by atoms with E-state index in [0.29, 0.717) is 35.2 Å². The van der Waals surface area contributed by atoms with E-state index in [1.807, 2.05) is 38.1 Å². The summed E-state index contributed by atoms with van der Waals surface area (Å²) in [5.74, 6) is 0.386. The highest BCUT2D eigenvalue weighted by molar-refractivity contribution is 5.90. The van der Waals surface area contributed by atoms with Crippen LogP contribution in [0, 0.1) is 27.7 Å². The average Bonchev–Trinajstić information content (AvgIpc) is 3.38. The van der Waals surface area contributed by atoms with Crippen molar-refractivity contribution >= 4 is 24.2 Å². The van der Waals surface area contributed by atoms with Gasteiger partial charge in [0.15, 0.2) is 0 Å². The van der Waals surface area contributed by atoms with Crippen LogP contribution in [0.4, 0.5) is 17.6 Å². The van der Waals surface area contributed by atoms with Gasteiger partial charge in [0, 0.05) is 0 Å². The largest absolute Gasteiger partial charge is 0.417 e. The molecule has 0 fully saturated rings. The average molecular weight is 723 g/mol. The van der Waals surface area contributed by atoms with Gasteiger partial charge in [-0.3, -0.25) is 9.59 Å². The van der Waals surface area contributed by atoms with Crippen molar-refractivity contribution in [3.63, 3.8) is 0 Å². The zero-order valence-corrected chi connectivity index (χ0v) is 32.4. The van der Waals surface area contributed by atoms with E-state index < -0.39 is 11.7 Å². The minimum absolute atomic E-state index is 0.185. The molecule has 4 aliphatic carbocycles. The minimum atomic E-state index is -4.50. The number of carbonyl (C=O) groups excluding carboxylic acids is 2. The fourth-order valence-electron chi connectivity index (χ4n) is 6.13. The number of alkyl halides is 3. The van der Waals surface area contributed by atoms with Crippen LogP contribution in [0.5, 0.6) is 0 Å². The maximum absolute atomic E-state index is 14.3. The topological polar surface area (TPSA) is 34.1 Å². The molecular formula is C47H50F4O2. The van der Waals surface area contributed by atoms with E-state index in [2.05, 4.69) is 59.7 Å². The number of aryl methyl sites for hydroxylation is 4. The molecule has 0 unspecified atom stereocenters. The van der Waals surface area contributed by atoms with E-state index in [9.17, 15) is 27.2 Å². The molecule has 0 atom stereocenters. The highest BCUT2D eigenvalue weighted by atomic mass is 19.4. The Hall–Kier alpha value is -5.10. The quantitative estimate of drug-likeness (QED) is 0.0707. The third-order valence-corrected chi connectivity index (χ3v) is 9.15.